The summed E-state index contributed by atoms with van der Waals surface area (Å²) in [5.41, 5.74) is 3.97. The van der Waals surface area contributed by atoms with Gasteiger partial charge in [0.05, 0.1) is 6.61 Å². The lowest BCUT2D eigenvalue weighted by Crippen LogP contribution is -2.08. The summed E-state index contributed by atoms with van der Waals surface area (Å²) in [6.07, 6.45) is 8.86. The van der Waals surface area contributed by atoms with Crippen LogP contribution in [0.4, 0.5) is 0 Å². The molecule has 114 valence electrons. The molecule has 2 aliphatic heterocycles. The largest absolute Gasteiger partial charge is 0.493 e. The van der Waals surface area contributed by atoms with Crippen LogP contribution in [0.3, 0.4) is 0 Å². The van der Waals surface area contributed by atoms with Gasteiger partial charge < -0.3 is 4.74 Å². The van der Waals surface area contributed by atoms with Crippen LogP contribution in [-0.2, 0) is 11.2 Å². The predicted molar refractivity (Wildman–Crippen MR) is 89.3 cm³/mol. The summed E-state index contributed by atoms with van der Waals surface area (Å²) in [5, 5.41) is 0. The van der Waals surface area contributed by atoms with Crippen LogP contribution in [0.1, 0.15) is 43.2 Å². The van der Waals surface area contributed by atoms with E-state index in [0.29, 0.717) is 18.5 Å². The molecule has 0 amide bonds. The average Bonchev–Trinajstić information content (AvgIpc) is 2.59. The Morgan fingerprint density at radius 2 is 2.18 bits per heavy atom. The minimum atomic E-state index is 0.110. The first-order valence-electron chi connectivity index (χ1n) is 7.94. The lowest BCUT2D eigenvalue weighted by Gasteiger charge is -2.18. The van der Waals surface area contributed by atoms with Crippen molar-refractivity contribution in [1.82, 2.24) is 0 Å². The van der Waals surface area contributed by atoms with E-state index in [1.54, 1.807) is 0 Å². The predicted octanol–water partition coefficient (Wildman–Crippen LogP) is 4.12. The van der Waals surface area contributed by atoms with Crippen LogP contribution in [-0.4, -0.2) is 18.6 Å². The Kier molecular flexibility index (Phi) is 4.52. The van der Waals surface area contributed by atoms with Crippen molar-refractivity contribution >= 4 is 17.6 Å². The van der Waals surface area contributed by atoms with Crippen molar-refractivity contribution in [3.63, 3.8) is 0 Å². The summed E-state index contributed by atoms with van der Waals surface area (Å²) in [7, 11) is 0. The van der Waals surface area contributed by atoms with E-state index >= 15 is 0 Å². The van der Waals surface area contributed by atoms with Gasteiger partial charge in [0.25, 0.3) is 0 Å². The second-order valence-electron chi connectivity index (χ2n) is 5.78. The number of carbonyl (C=O) groups is 1. The molecule has 1 aromatic carbocycles. The highest BCUT2D eigenvalue weighted by Gasteiger charge is 2.14. The molecule has 0 N–H and O–H groups in total. The summed E-state index contributed by atoms with van der Waals surface area (Å²) in [6.45, 7) is 4.94. The zero-order valence-electron chi connectivity index (χ0n) is 12.8. The molecule has 2 heterocycles. The molecule has 3 nitrogen and oxygen atoms in total. The number of benzene rings is 1. The van der Waals surface area contributed by atoms with E-state index in [1.165, 1.54) is 5.56 Å². The average molecular weight is 295 g/mol. The van der Waals surface area contributed by atoms with Crippen LogP contribution in [0.2, 0.25) is 0 Å². The van der Waals surface area contributed by atoms with Crippen LogP contribution in [0.25, 0.3) is 5.57 Å². The molecule has 3 rings (SSSR count). The maximum Gasteiger partial charge on any atom is 0.181 e. The molecule has 0 aromatic heterocycles. The lowest BCUT2D eigenvalue weighted by molar-refractivity contribution is -0.115. The van der Waals surface area contributed by atoms with Crippen LogP contribution >= 0.6 is 0 Å². The van der Waals surface area contributed by atoms with Gasteiger partial charge in [0.2, 0.25) is 0 Å². The Hall–Kier alpha value is -2.16. The number of fused-ring (bicyclic) bond motifs is 1. The Labute approximate surface area is 131 Å². The van der Waals surface area contributed by atoms with Gasteiger partial charge in [-0.3, -0.25) is 9.79 Å². The maximum atomic E-state index is 12.1. The van der Waals surface area contributed by atoms with Gasteiger partial charge in [0.15, 0.2) is 5.78 Å². The zero-order valence-corrected chi connectivity index (χ0v) is 12.8. The number of rotatable bonds is 5. The van der Waals surface area contributed by atoms with Gasteiger partial charge in [-0.1, -0.05) is 18.7 Å². The number of hydrogen-bond donors (Lipinski definition) is 0. The molecule has 0 saturated carbocycles. The van der Waals surface area contributed by atoms with E-state index < -0.39 is 0 Å². The molecule has 0 spiro atoms. The zero-order chi connectivity index (χ0) is 15.4. The highest BCUT2D eigenvalue weighted by Crippen LogP contribution is 2.29. The van der Waals surface area contributed by atoms with Crippen LogP contribution in [0, 0.1) is 0 Å². The fraction of sp³-hybridized carbons (Fsp3) is 0.368. The first-order valence-corrected chi connectivity index (χ1v) is 7.94. The molecule has 2 aliphatic rings. The third-order valence-corrected chi connectivity index (χ3v) is 4.12. The van der Waals surface area contributed by atoms with E-state index in [0.717, 1.165) is 49.2 Å². The molecular weight excluding hydrogens is 274 g/mol. The maximum absolute atomic E-state index is 12.1. The van der Waals surface area contributed by atoms with Gasteiger partial charge in [-0.15, -0.1) is 0 Å². The first kappa shape index (κ1) is 14.8. The van der Waals surface area contributed by atoms with Gasteiger partial charge in [0.1, 0.15) is 11.4 Å². The van der Waals surface area contributed by atoms with Gasteiger partial charge >= 0.3 is 0 Å². The molecule has 0 radical (unpaired) electrons. The topological polar surface area (TPSA) is 38.7 Å². The first-order chi connectivity index (χ1) is 10.7. The number of allylic oxidation sites excluding steroid dienone is 3. The van der Waals surface area contributed by atoms with Crippen molar-refractivity contribution < 1.29 is 9.53 Å². The van der Waals surface area contributed by atoms with Gasteiger partial charge in [-0.2, -0.15) is 0 Å². The van der Waals surface area contributed by atoms with Crippen LogP contribution in [0.5, 0.6) is 5.75 Å². The Bertz CT molecular complexity index is 655. The van der Waals surface area contributed by atoms with Crippen molar-refractivity contribution in [3.05, 3.63) is 47.7 Å². The number of aliphatic imine (C=N–C) groups is 1. The van der Waals surface area contributed by atoms with Crippen molar-refractivity contribution in [2.75, 3.05) is 6.61 Å². The van der Waals surface area contributed by atoms with Crippen LogP contribution in [0.15, 0.2) is 41.5 Å². The van der Waals surface area contributed by atoms with E-state index in [4.69, 9.17) is 4.74 Å². The molecule has 3 heteroatoms. The summed E-state index contributed by atoms with van der Waals surface area (Å²) in [6, 6.07) is 6.21. The molecule has 0 bridgehead atoms. The van der Waals surface area contributed by atoms with Gasteiger partial charge in [0, 0.05) is 12.6 Å². The molecule has 1 aromatic rings. The minimum Gasteiger partial charge on any atom is -0.493 e. The summed E-state index contributed by atoms with van der Waals surface area (Å²) < 4.78 is 5.63. The second-order valence-corrected chi connectivity index (χ2v) is 5.78. The van der Waals surface area contributed by atoms with Crippen molar-refractivity contribution in [2.24, 2.45) is 4.99 Å². The molecule has 0 fully saturated rings. The second kappa shape index (κ2) is 6.73. The van der Waals surface area contributed by atoms with E-state index in [2.05, 4.69) is 17.6 Å². The highest BCUT2D eigenvalue weighted by atomic mass is 16.5. The fourth-order valence-corrected chi connectivity index (χ4v) is 2.81. The molecular formula is C19H21NO2. The number of Topliss-reactive ketones (excluding diaryl/α,β-unsaturated/α-hetero) is 1. The monoisotopic (exact) mass is 295 g/mol. The number of hydrogen-bond acceptors (Lipinski definition) is 3. The van der Waals surface area contributed by atoms with Crippen molar-refractivity contribution in [2.45, 2.75) is 38.5 Å². The fourth-order valence-electron chi connectivity index (χ4n) is 2.81. The molecule has 0 unspecified atom stereocenters. The van der Waals surface area contributed by atoms with Crippen LogP contribution < -0.4 is 4.74 Å². The smallest absolute Gasteiger partial charge is 0.181 e. The Morgan fingerprint density at radius 3 is 3.00 bits per heavy atom. The summed E-state index contributed by atoms with van der Waals surface area (Å²) in [5.74, 6) is 1.10. The van der Waals surface area contributed by atoms with E-state index in [9.17, 15) is 4.79 Å². The normalized spacial score (nSPS) is 16.5. The molecule has 22 heavy (non-hydrogen) atoms. The number of nitrogens with zero attached hydrogens (tertiary/aromatic N) is 1. The third kappa shape index (κ3) is 3.35. The quantitative estimate of drug-likeness (QED) is 0.819. The highest BCUT2D eigenvalue weighted by molar-refractivity contribution is 5.97. The molecule has 0 aliphatic carbocycles. The number of carbonyl (C=O) groups excluding carboxylic acids is 1. The third-order valence-electron chi connectivity index (χ3n) is 4.12. The minimum absolute atomic E-state index is 0.110. The number of ketones is 1. The summed E-state index contributed by atoms with van der Waals surface area (Å²) >= 11 is 0. The number of ether oxygens (including phenoxy) is 1. The summed E-state index contributed by atoms with van der Waals surface area (Å²) in [4.78, 5) is 16.3. The van der Waals surface area contributed by atoms with Gasteiger partial charge in [-0.25, -0.2) is 0 Å². The Morgan fingerprint density at radius 1 is 1.27 bits per heavy atom. The van der Waals surface area contributed by atoms with Crippen molar-refractivity contribution in [1.29, 1.82) is 0 Å². The standard InChI is InChI=1S/C19H21NO2/c1-14(7-9-18(21)17-6-2-3-11-20-17)15-8-10-19-16(13-15)5-4-12-22-19/h6,8,10-11,13H,1-5,7,9,12H2. The molecule has 0 saturated heterocycles. The molecule has 0 atom stereocenters. The number of aryl methyl sites for hydroxylation is 1. The van der Waals surface area contributed by atoms with Crippen molar-refractivity contribution in [3.8, 4) is 5.75 Å². The van der Waals surface area contributed by atoms with E-state index in [1.807, 2.05) is 24.4 Å². The lowest BCUT2D eigenvalue weighted by atomic mass is 9.96. The van der Waals surface area contributed by atoms with Gasteiger partial charge in [-0.05, 0) is 60.9 Å². The Balaban J connectivity index is 1.61. The van der Waals surface area contributed by atoms with E-state index in [-0.39, 0.29) is 5.78 Å². The SMILES string of the molecule is C=C(CCC(=O)C1=CCCC=N1)c1ccc2c(c1)CCCO2.